The molecule has 0 radical (unpaired) electrons. The smallest absolute Gasteiger partial charge is 0.284 e. The third-order valence-corrected chi connectivity index (χ3v) is 11.2. The molecule has 66 heavy (non-hydrogen) atoms. The Balaban J connectivity index is 1.65. The molecule has 1 aliphatic rings. The zero-order valence-electron chi connectivity index (χ0n) is 35.3. The number of aromatic nitrogens is 4. The van der Waals surface area contributed by atoms with Gasteiger partial charge in [-0.1, -0.05) is 41.5 Å². The highest BCUT2D eigenvalue weighted by Crippen LogP contribution is 2.48. The summed E-state index contributed by atoms with van der Waals surface area (Å²) in [5.41, 5.74) is -9.07. The molecule has 0 aliphatic carbocycles. The Morgan fingerprint density at radius 1 is 0.409 bits per heavy atom. The number of benzene rings is 3. The lowest BCUT2D eigenvalue weighted by Gasteiger charge is -2.19. The van der Waals surface area contributed by atoms with E-state index in [1.165, 1.54) is 48.5 Å². The molecule has 3 aromatic carbocycles. The molecule has 0 atom stereocenters. The van der Waals surface area contributed by atoms with E-state index in [1.807, 2.05) is 0 Å². The van der Waals surface area contributed by atoms with Crippen molar-refractivity contribution in [3.05, 3.63) is 153 Å². The highest BCUT2D eigenvalue weighted by Gasteiger charge is 2.36. The number of fused-ring (bicyclic) bond motifs is 9. The van der Waals surface area contributed by atoms with Crippen LogP contribution in [0.15, 0.2) is 60.7 Å². The number of hydrogen-bond donors (Lipinski definition) is 3. The summed E-state index contributed by atoms with van der Waals surface area (Å²) in [6.45, 7) is 10.1. The third-order valence-electron chi connectivity index (χ3n) is 11.2. The predicted molar refractivity (Wildman–Crippen MR) is 235 cm³/mol. The monoisotopic (exact) mass is 908 g/mol. The molecule has 5 heterocycles. The van der Waals surface area contributed by atoms with E-state index in [0.29, 0.717) is 0 Å². The van der Waals surface area contributed by atoms with Gasteiger partial charge in [0, 0.05) is 63.0 Å². The maximum atomic E-state index is 16.1. The first-order valence-corrected chi connectivity index (χ1v) is 19.7. The van der Waals surface area contributed by atoms with Gasteiger partial charge >= 0.3 is 0 Å². The Bertz CT molecular complexity index is 3390. The van der Waals surface area contributed by atoms with Gasteiger partial charge in [-0.3, -0.25) is 40.5 Å². The minimum atomic E-state index is -2.48. The number of hydrogen-bond acceptors (Lipinski definition) is 9. The predicted octanol–water partition coefficient (Wildman–Crippen LogP) is 12.6. The Hall–Kier alpha value is -8.36. The van der Waals surface area contributed by atoms with Crippen molar-refractivity contribution in [2.24, 2.45) is 0 Å². The van der Waals surface area contributed by atoms with Gasteiger partial charge in [0.15, 0.2) is 23.3 Å². The van der Waals surface area contributed by atoms with Crippen molar-refractivity contribution in [1.82, 2.24) is 19.9 Å². The van der Waals surface area contributed by atoms with Gasteiger partial charge in [0.25, 0.3) is 22.7 Å². The van der Waals surface area contributed by atoms with Crippen LogP contribution in [-0.2, 0) is 10.8 Å². The van der Waals surface area contributed by atoms with Crippen LogP contribution in [0.25, 0.3) is 78.6 Å². The standard InChI is InChI=1S/C45H33F5N8O8/c1-44(2,3)19-15-29(55(59)60)36(30(16-19)56(61)62)33-23-9-7-21(51-23)22-8-10-24(52-22)34(37-31(57(63)64)17-20(45(4,5)6)18-32(37)58(65)66)26-12-14-28(54-26)35(27-13-11-25(33)53-27)38-39(46)41(48)43(50)42(49)40(38)47/h7-18,51-53H,1-6H3. The fourth-order valence-corrected chi connectivity index (χ4v) is 7.94. The van der Waals surface area contributed by atoms with Crippen molar-refractivity contribution >= 4 is 68.0 Å². The highest BCUT2D eigenvalue weighted by atomic mass is 19.2. The summed E-state index contributed by atoms with van der Waals surface area (Å²) in [7, 11) is 0. The summed E-state index contributed by atoms with van der Waals surface area (Å²) < 4.78 is 77.0. The summed E-state index contributed by atoms with van der Waals surface area (Å²) in [5, 5.41) is 51.6. The second-order valence-corrected chi connectivity index (χ2v) is 17.5. The lowest BCUT2D eigenvalue weighted by Crippen LogP contribution is -2.13. The first-order chi connectivity index (χ1) is 30.9. The Labute approximate surface area is 367 Å². The molecule has 16 nitrogen and oxygen atoms in total. The number of H-pyrrole nitrogens is 3. The molecule has 0 spiro atoms. The van der Waals surface area contributed by atoms with Crippen molar-refractivity contribution in [1.29, 1.82) is 0 Å². The molecule has 21 heteroatoms. The van der Waals surface area contributed by atoms with Crippen molar-refractivity contribution in [2.75, 3.05) is 0 Å². The average molecular weight is 909 g/mol. The highest BCUT2D eigenvalue weighted by molar-refractivity contribution is 6.04. The van der Waals surface area contributed by atoms with E-state index in [4.69, 9.17) is 0 Å². The van der Waals surface area contributed by atoms with Crippen molar-refractivity contribution in [3.63, 3.8) is 0 Å². The topological polar surface area (TPSA) is 233 Å². The number of aromatic amines is 3. The molecule has 7 aromatic rings. The molecule has 3 N–H and O–H groups in total. The fourth-order valence-electron chi connectivity index (χ4n) is 7.94. The van der Waals surface area contributed by atoms with E-state index in [9.17, 15) is 44.8 Å². The first kappa shape index (κ1) is 44.3. The van der Waals surface area contributed by atoms with Crippen LogP contribution in [0.3, 0.4) is 0 Å². The number of nitro groups is 4. The zero-order valence-corrected chi connectivity index (χ0v) is 35.3. The van der Waals surface area contributed by atoms with Crippen LogP contribution < -0.4 is 0 Å². The largest absolute Gasteiger partial charge is 0.354 e. The van der Waals surface area contributed by atoms with Crippen LogP contribution in [-0.4, -0.2) is 39.6 Å². The summed E-state index contributed by atoms with van der Waals surface area (Å²) >= 11 is 0. The molecular formula is C45H33F5N8O8. The van der Waals surface area contributed by atoms with Gasteiger partial charge in [0.05, 0.1) is 47.7 Å². The van der Waals surface area contributed by atoms with E-state index in [0.717, 1.165) is 24.3 Å². The minimum absolute atomic E-state index is 0.0155. The van der Waals surface area contributed by atoms with E-state index in [-0.39, 0.29) is 55.5 Å². The second kappa shape index (κ2) is 15.4. The SMILES string of the molecule is CC(C)(C)c1cc([N+](=O)[O-])c(-c2c3nc(c(-c4c(F)c(F)c(F)c(F)c4F)c4ccc([nH]4)c(-c4c([N+](=O)[O-])cc(C(C)(C)C)cc4[N+](=O)[O-])c4ccc([nH]4)c4ccc2[nH]4)C=C3)c([N+](=O)[O-])c1. The van der Waals surface area contributed by atoms with Crippen LogP contribution in [0.5, 0.6) is 0 Å². The lowest BCUT2D eigenvalue weighted by molar-refractivity contribution is -0.393. The van der Waals surface area contributed by atoms with Gasteiger partial charge in [-0.25, -0.2) is 26.9 Å². The van der Waals surface area contributed by atoms with Gasteiger partial charge in [0.1, 0.15) is 11.1 Å². The van der Waals surface area contributed by atoms with Crippen molar-refractivity contribution in [2.45, 2.75) is 52.4 Å². The van der Waals surface area contributed by atoms with E-state index >= 15 is 17.6 Å². The van der Waals surface area contributed by atoms with Gasteiger partial charge in [-0.15, -0.1) is 0 Å². The van der Waals surface area contributed by atoms with Crippen molar-refractivity contribution in [3.8, 4) is 33.4 Å². The van der Waals surface area contributed by atoms with Crippen LogP contribution in [0, 0.1) is 69.5 Å². The number of nitrogens with zero attached hydrogens (tertiary/aromatic N) is 5. The lowest BCUT2D eigenvalue weighted by atomic mass is 9.84. The molecule has 0 amide bonds. The Morgan fingerprint density at radius 3 is 1.02 bits per heavy atom. The van der Waals surface area contributed by atoms with Crippen LogP contribution in [0.2, 0.25) is 0 Å². The first-order valence-electron chi connectivity index (χ1n) is 19.7. The minimum Gasteiger partial charge on any atom is -0.354 e. The maximum Gasteiger partial charge on any atom is 0.284 e. The van der Waals surface area contributed by atoms with Gasteiger partial charge in [-0.2, -0.15) is 0 Å². The number of nitrogens with one attached hydrogen (secondary N) is 3. The normalized spacial score (nSPS) is 12.3. The Morgan fingerprint density at radius 2 is 0.682 bits per heavy atom. The molecule has 0 saturated heterocycles. The molecule has 4 aromatic heterocycles. The van der Waals surface area contributed by atoms with E-state index in [1.54, 1.807) is 41.5 Å². The number of halogens is 5. The zero-order chi connectivity index (χ0) is 48.1. The van der Waals surface area contributed by atoms with Crippen LogP contribution in [0.1, 0.15) is 64.1 Å². The fraction of sp³-hybridized carbons (Fsp3) is 0.178. The van der Waals surface area contributed by atoms with Gasteiger partial charge in [-0.05, 0) is 70.5 Å². The second-order valence-electron chi connectivity index (χ2n) is 17.5. The average Bonchev–Trinajstić information content (AvgIpc) is 4.09. The number of nitro benzene ring substituents is 4. The summed E-state index contributed by atoms with van der Waals surface area (Å²) in [6, 6.07) is 12.8. The Kier molecular flexibility index (Phi) is 10.3. The molecule has 0 saturated carbocycles. The molecule has 336 valence electrons. The summed E-state index contributed by atoms with van der Waals surface area (Å²) in [6.07, 6.45) is 2.26. The molecular weight excluding hydrogens is 876 g/mol. The van der Waals surface area contributed by atoms with Crippen LogP contribution in [0.4, 0.5) is 44.7 Å². The summed E-state index contributed by atoms with van der Waals surface area (Å²) in [4.78, 5) is 61.8. The molecule has 8 rings (SSSR count). The number of rotatable bonds is 7. The maximum absolute atomic E-state index is 16.1. The molecule has 8 bridgehead atoms. The third kappa shape index (κ3) is 7.22. The van der Waals surface area contributed by atoms with Gasteiger partial charge < -0.3 is 15.0 Å². The van der Waals surface area contributed by atoms with E-state index in [2.05, 4.69) is 19.9 Å². The quantitative estimate of drug-likeness (QED) is 0.0453. The summed E-state index contributed by atoms with van der Waals surface area (Å²) in [5.74, 6) is -11.8. The van der Waals surface area contributed by atoms with Crippen molar-refractivity contribution < 1.29 is 41.6 Å². The molecule has 0 fully saturated rings. The molecule has 0 unspecified atom stereocenters. The van der Waals surface area contributed by atoms with E-state index < -0.39 is 116 Å². The van der Waals surface area contributed by atoms with Crippen LogP contribution >= 0.6 is 0 Å². The molecule has 1 aliphatic heterocycles. The van der Waals surface area contributed by atoms with Gasteiger partial charge in [0.2, 0.25) is 5.82 Å².